The second kappa shape index (κ2) is 7.40. The molecule has 0 saturated carbocycles. The van der Waals surface area contributed by atoms with E-state index in [4.69, 9.17) is 4.74 Å². The second-order valence-electron chi connectivity index (χ2n) is 4.82. The Bertz CT molecular complexity index is 662. The van der Waals surface area contributed by atoms with E-state index in [2.05, 4.69) is 4.98 Å². The molecular formula is C16H17FN2O3. The van der Waals surface area contributed by atoms with Crippen LogP contribution in [0, 0.1) is 5.82 Å². The first kappa shape index (κ1) is 15.8. The average Bonchev–Trinajstić information content (AvgIpc) is 2.53. The highest BCUT2D eigenvalue weighted by Crippen LogP contribution is 2.11. The molecule has 0 bridgehead atoms. The van der Waals surface area contributed by atoms with Gasteiger partial charge in [0.15, 0.2) is 0 Å². The number of amides is 1. The summed E-state index contributed by atoms with van der Waals surface area (Å²) in [4.78, 5) is 27.1. The van der Waals surface area contributed by atoms with Crippen LogP contribution in [0.3, 0.4) is 0 Å². The van der Waals surface area contributed by atoms with E-state index in [0.717, 1.165) is 0 Å². The lowest BCUT2D eigenvalue weighted by atomic mass is 10.2. The van der Waals surface area contributed by atoms with Crippen LogP contribution in [0.1, 0.15) is 16.8 Å². The number of halogens is 1. The van der Waals surface area contributed by atoms with Gasteiger partial charge in [-0.15, -0.1) is 0 Å². The van der Waals surface area contributed by atoms with Gasteiger partial charge in [0, 0.05) is 25.9 Å². The SMILES string of the molecule is CN(CCCOc1ccc(F)cc1)C(=O)c1ccc(=O)[nH]c1. The lowest BCUT2D eigenvalue weighted by Crippen LogP contribution is -2.29. The van der Waals surface area contributed by atoms with E-state index >= 15 is 0 Å². The number of aromatic amines is 1. The highest BCUT2D eigenvalue weighted by Gasteiger charge is 2.11. The fraction of sp³-hybridized carbons (Fsp3) is 0.250. The first-order chi connectivity index (χ1) is 10.6. The van der Waals surface area contributed by atoms with E-state index in [1.807, 2.05) is 0 Å². The van der Waals surface area contributed by atoms with Crippen molar-refractivity contribution in [3.63, 3.8) is 0 Å². The number of carbonyl (C=O) groups is 1. The van der Waals surface area contributed by atoms with Gasteiger partial charge in [0.2, 0.25) is 5.56 Å². The van der Waals surface area contributed by atoms with E-state index in [-0.39, 0.29) is 17.3 Å². The molecule has 0 aliphatic rings. The highest BCUT2D eigenvalue weighted by atomic mass is 19.1. The van der Waals surface area contributed by atoms with Crippen molar-refractivity contribution in [2.75, 3.05) is 20.2 Å². The number of carbonyl (C=O) groups excluding carboxylic acids is 1. The standard InChI is InChI=1S/C16H17FN2O3/c1-19(16(21)12-3-8-15(20)18-11-12)9-2-10-22-14-6-4-13(17)5-7-14/h3-8,11H,2,9-10H2,1H3,(H,18,20). The van der Waals surface area contributed by atoms with Crippen molar-refractivity contribution in [1.82, 2.24) is 9.88 Å². The quantitative estimate of drug-likeness (QED) is 0.831. The van der Waals surface area contributed by atoms with Crippen LogP contribution in [-0.4, -0.2) is 36.0 Å². The molecule has 1 N–H and O–H groups in total. The van der Waals surface area contributed by atoms with Crippen LogP contribution in [0.4, 0.5) is 4.39 Å². The van der Waals surface area contributed by atoms with Crippen molar-refractivity contribution in [3.05, 3.63) is 64.3 Å². The van der Waals surface area contributed by atoms with Gasteiger partial charge < -0.3 is 14.6 Å². The molecule has 0 aliphatic heterocycles. The molecule has 0 aliphatic carbocycles. The maximum Gasteiger partial charge on any atom is 0.255 e. The first-order valence-electron chi connectivity index (χ1n) is 6.89. The van der Waals surface area contributed by atoms with E-state index in [9.17, 15) is 14.0 Å². The van der Waals surface area contributed by atoms with Crippen molar-refractivity contribution in [2.45, 2.75) is 6.42 Å². The smallest absolute Gasteiger partial charge is 0.255 e. The van der Waals surface area contributed by atoms with Crippen LogP contribution in [0.2, 0.25) is 0 Å². The van der Waals surface area contributed by atoms with Gasteiger partial charge in [0.1, 0.15) is 11.6 Å². The second-order valence-corrected chi connectivity index (χ2v) is 4.82. The van der Waals surface area contributed by atoms with Crippen LogP contribution in [-0.2, 0) is 0 Å². The Kier molecular flexibility index (Phi) is 5.30. The Balaban J connectivity index is 1.76. The number of nitrogens with zero attached hydrogens (tertiary/aromatic N) is 1. The monoisotopic (exact) mass is 304 g/mol. The van der Waals surface area contributed by atoms with Crippen molar-refractivity contribution in [3.8, 4) is 5.75 Å². The summed E-state index contributed by atoms with van der Waals surface area (Å²) in [5.74, 6) is 0.118. The highest BCUT2D eigenvalue weighted by molar-refractivity contribution is 5.93. The molecule has 5 nitrogen and oxygen atoms in total. The molecular weight excluding hydrogens is 287 g/mol. The molecule has 1 aromatic carbocycles. The number of rotatable bonds is 6. The van der Waals surface area contributed by atoms with Crippen LogP contribution in [0.15, 0.2) is 47.4 Å². The van der Waals surface area contributed by atoms with E-state index in [0.29, 0.717) is 30.9 Å². The fourth-order valence-corrected chi connectivity index (χ4v) is 1.89. The topological polar surface area (TPSA) is 62.4 Å². The minimum atomic E-state index is -0.307. The van der Waals surface area contributed by atoms with E-state index < -0.39 is 0 Å². The summed E-state index contributed by atoms with van der Waals surface area (Å²) < 4.78 is 18.2. The summed E-state index contributed by atoms with van der Waals surface area (Å²) >= 11 is 0. The molecule has 1 heterocycles. The van der Waals surface area contributed by atoms with Crippen LogP contribution >= 0.6 is 0 Å². The third-order valence-electron chi connectivity index (χ3n) is 3.10. The molecule has 2 rings (SSSR count). The maximum absolute atomic E-state index is 12.7. The number of ether oxygens (including phenoxy) is 1. The lowest BCUT2D eigenvalue weighted by Gasteiger charge is -2.17. The summed E-state index contributed by atoms with van der Waals surface area (Å²) in [6, 6.07) is 8.60. The van der Waals surface area contributed by atoms with Gasteiger partial charge in [-0.3, -0.25) is 9.59 Å². The molecule has 1 amide bonds. The van der Waals surface area contributed by atoms with Crippen molar-refractivity contribution >= 4 is 5.91 Å². The predicted octanol–water partition coefficient (Wildman–Crippen LogP) is 2.06. The third-order valence-corrected chi connectivity index (χ3v) is 3.10. The Labute approximate surface area is 127 Å². The molecule has 116 valence electrons. The number of pyridine rings is 1. The summed E-state index contributed by atoms with van der Waals surface area (Å²) in [7, 11) is 1.69. The molecule has 2 aromatic rings. The lowest BCUT2D eigenvalue weighted by molar-refractivity contribution is 0.0787. The average molecular weight is 304 g/mol. The molecule has 0 unspecified atom stereocenters. The zero-order valence-corrected chi connectivity index (χ0v) is 12.2. The molecule has 22 heavy (non-hydrogen) atoms. The van der Waals surface area contributed by atoms with Crippen LogP contribution in [0.25, 0.3) is 0 Å². The summed E-state index contributed by atoms with van der Waals surface area (Å²) in [6.45, 7) is 0.939. The van der Waals surface area contributed by atoms with Crippen molar-refractivity contribution in [2.24, 2.45) is 0 Å². The van der Waals surface area contributed by atoms with Gasteiger partial charge >= 0.3 is 0 Å². The zero-order chi connectivity index (χ0) is 15.9. The van der Waals surface area contributed by atoms with Gasteiger partial charge in [-0.25, -0.2) is 4.39 Å². The van der Waals surface area contributed by atoms with Gasteiger partial charge in [-0.05, 0) is 36.8 Å². The predicted molar refractivity (Wildman–Crippen MR) is 80.5 cm³/mol. The number of hydrogen-bond acceptors (Lipinski definition) is 3. The number of hydrogen-bond donors (Lipinski definition) is 1. The van der Waals surface area contributed by atoms with E-state index in [1.165, 1.54) is 30.5 Å². The Morgan fingerprint density at radius 1 is 1.23 bits per heavy atom. The molecule has 0 radical (unpaired) electrons. The Morgan fingerprint density at radius 3 is 2.59 bits per heavy atom. The number of nitrogens with one attached hydrogen (secondary N) is 1. The summed E-state index contributed by atoms with van der Waals surface area (Å²) in [5, 5.41) is 0. The van der Waals surface area contributed by atoms with Crippen LogP contribution < -0.4 is 10.3 Å². The minimum Gasteiger partial charge on any atom is -0.494 e. The molecule has 0 spiro atoms. The summed E-state index contributed by atoms with van der Waals surface area (Å²) in [6.07, 6.45) is 2.04. The number of H-pyrrole nitrogens is 1. The van der Waals surface area contributed by atoms with Gasteiger partial charge in [-0.1, -0.05) is 0 Å². The number of aromatic nitrogens is 1. The molecule has 0 fully saturated rings. The minimum absolute atomic E-state index is 0.168. The first-order valence-corrected chi connectivity index (χ1v) is 6.89. The molecule has 0 saturated heterocycles. The third kappa shape index (κ3) is 4.44. The zero-order valence-electron chi connectivity index (χ0n) is 12.2. The van der Waals surface area contributed by atoms with Crippen molar-refractivity contribution < 1.29 is 13.9 Å². The fourth-order valence-electron chi connectivity index (χ4n) is 1.89. The van der Waals surface area contributed by atoms with Crippen molar-refractivity contribution in [1.29, 1.82) is 0 Å². The largest absolute Gasteiger partial charge is 0.494 e. The van der Waals surface area contributed by atoms with Gasteiger partial charge in [0.05, 0.1) is 12.2 Å². The number of benzene rings is 1. The Morgan fingerprint density at radius 2 is 1.95 bits per heavy atom. The van der Waals surface area contributed by atoms with E-state index in [1.54, 1.807) is 24.1 Å². The molecule has 0 atom stereocenters. The molecule has 6 heteroatoms. The van der Waals surface area contributed by atoms with Gasteiger partial charge in [0.25, 0.3) is 5.91 Å². The summed E-state index contributed by atoms with van der Waals surface area (Å²) in [5.41, 5.74) is 0.188. The normalized spacial score (nSPS) is 10.3. The van der Waals surface area contributed by atoms with Crippen LogP contribution in [0.5, 0.6) is 5.75 Å². The molecule has 1 aromatic heterocycles. The Hall–Kier alpha value is -2.63. The van der Waals surface area contributed by atoms with Gasteiger partial charge in [-0.2, -0.15) is 0 Å². The maximum atomic E-state index is 12.7.